The number of thioether (sulfide) groups is 1. The van der Waals surface area contributed by atoms with E-state index >= 15 is 0 Å². The molecule has 0 fully saturated rings. The molecule has 0 heterocycles. The van der Waals surface area contributed by atoms with Crippen LogP contribution in [0.3, 0.4) is 0 Å². The lowest BCUT2D eigenvalue weighted by molar-refractivity contribution is 0.882. The van der Waals surface area contributed by atoms with Gasteiger partial charge in [-0.05, 0) is 30.8 Å². The highest BCUT2D eigenvalue weighted by molar-refractivity contribution is 7.99. The molecule has 2 heteroatoms. The minimum Gasteiger partial charge on any atom is -0.162 e. The Morgan fingerprint density at radius 2 is 1.80 bits per heavy atom. The molecule has 0 rings (SSSR count). The van der Waals surface area contributed by atoms with Gasteiger partial charge in [0, 0.05) is 5.88 Å². The van der Waals surface area contributed by atoms with Gasteiger partial charge in [-0.1, -0.05) is 13.3 Å². The molecule has 0 atom stereocenters. The first kappa shape index (κ1) is 10.6. The van der Waals surface area contributed by atoms with E-state index in [1.54, 1.807) is 0 Å². The van der Waals surface area contributed by atoms with Crippen molar-refractivity contribution in [1.82, 2.24) is 0 Å². The lowest BCUT2D eigenvalue weighted by Crippen LogP contribution is -1.84. The highest BCUT2D eigenvalue weighted by Crippen LogP contribution is 2.07. The lowest BCUT2D eigenvalue weighted by Gasteiger charge is -1.97. The van der Waals surface area contributed by atoms with Gasteiger partial charge in [0.25, 0.3) is 0 Å². The second kappa shape index (κ2) is 9.64. The van der Waals surface area contributed by atoms with E-state index in [0.29, 0.717) is 0 Å². The van der Waals surface area contributed by atoms with Crippen molar-refractivity contribution in [3.63, 3.8) is 0 Å². The number of alkyl halides is 1. The zero-order chi connectivity index (χ0) is 7.66. The molecule has 0 unspecified atom stereocenters. The summed E-state index contributed by atoms with van der Waals surface area (Å²) in [5.41, 5.74) is 0. The Balaban J connectivity index is 2.65. The number of hydrogen-bond donors (Lipinski definition) is 0. The monoisotopic (exact) mass is 180 g/mol. The summed E-state index contributed by atoms with van der Waals surface area (Å²) in [4.78, 5) is 0. The molecule has 0 bridgehead atoms. The number of halogens is 1. The minimum atomic E-state index is 0.828. The van der Waals surface area contributed by atoms with Gasteiger partial charge in [0.05, 0.1) is 0 Å². The standard InChI is InChI=1S/C8H17ClS/c1-2-3-7-10-8-5-4-6-9/h2-8H2,1H3. The third kappa shape index (κ3) is 8.64. The average Bonchev–Trinajstić information content (AvgIpc) is 1.97. The van der Waals surface area contributed by atoms with Crippen molar-refractivity contribution in [3.05, 3.63) is 0 Å². The van der Waals surface area contributed by atoms with Crippen LogP contribution in [0.5, 0.6) is 0 Å². The maximum atomic E-state index is 5.53. The fraction of sp³-hybridized carbons (Fsp3) is 1.00. The average molecular weight is 181 g/mol. The van der Waals surface area contributed by atoms with Crippen LogP contribution in [-0.2, 0) is 0 Å². The number of hydrogen-bond acceptors (Lipinski definition) is 1. The summed E-state index contributed by atoms with van der Waals surface area (Å²) in [7, 11) is 0. The van der Waals surface area contributed by atoms with Gasteiger partial charge < -0.3 is 0 Å². The zero-order valence-electron chi connectivity index (χ0n) is 6.74. The summed E-state index contributed by atoms with van der Waals surface area (Å²) >= 11 is 7.59. The van der Waals surface area contributed by atoms with Crippen LogP contribution in [-0.4, -0.2) is 17.4 Å². The van der Waals surface area contributed by atoms with Crippen molar-refractivity contribution in [3.8, 4) is 0 Å². The van der Waals surface area contributed by atoms with Crippen LogP contribution in [0.4, 0.5) is 0 Å². The van der Waals surface area contributed by atoms with Gasteiger partial charge >= 0.3 is 0 Å². The van der Waals surface area contributed by atoms with Crippen LogP contribution in [0.25, 0.3) is 0 Å². The first-order chi connectivity index (χ1) is 4.91. The molecule has 0 aromatic carbocycles. The zero-order valence-corrected chi connectivity index (χ0v) is 8.31. The highest BCUT2D eigenvalue weighted by Gasteiger charge is 1.88. The van der Waals surface area contributed by atoms with Crippen molar-refractivity contribution < 1.29 is 0 Å². The topological polar surface area (TPSA) is 0 Å². The fourth-order valence-corrected chi connectivity index (χ4v) is 1.94. The Labute approximate surface area is 73.7 Å². The van der Waals surface area contributed by atoms with E-state index in [1.807, 2.05) is 0 Å². The molecule has 0 aliphatic heterocycles. The fourth-order valence-electron chi connectivity index (χ4n) is 0.647. The van der Waals surface area contributed by atoms with Gasteiger partial charge in [-0.15, -0.1) is 11.6 Å². The molecule has 0 spiro atoms. The third-order valence-corrected chi connectivity index (χ3v) is 2.74. The molecule has 0 saturated heterocycles. The number of unbranched alkanes of at least 4 members (excludes halogenated alkanes) is 2. The third-order valence-electron chi connectivity index (χ3n) is 1.31. The van der Waals surface area contributed by atoms with E-state index in [1.165, 1.54) is 37.2 Å². The van der Waals surface area contributed by atoms with Crippen LogP contribution >= 0.6 is 23.4 Å². The van der Waals surface area contributed by atoms with Crippen molar-refractivity contribution in [2.24, 2.45) is 0 Å². The molecular formula is C8H17ClS. The lowest BCUT2D eigenvalue weighted by atomic mass is 10.4. The first-order valence-corrected chi connectivity index (χ1v) is 5.74. The summed E-state index contributed by atoms with van der Waals surface area (Å²) in [6.07, 6.45) is 5.16. The van der Waals surface area contributed by atoms with Crippen LogP contribution in [0.1, 0.15) is 32.6 Å². The number of rotatable bonds is 7. The van der Waals surface area contributed by atoms with Crippen LogP contribution in [0.2, 0.25) is 0 Å². The molecule has 0 aliphatic rings. The molecule has 0 aromatic rings. The van der Waals surface area contributed by atoms with Crippen molar-refractivity contribution in [2.75, 3.05) is 17.4 Å². The molecule has 0 nitrogen and oxygen atoms in total. The highest BCUT2D eigenvalue weighted by atomic mass is 35.5. The van der Waals surface area contributed by atoms with E-state index in [0.717, 1.165) is 5.88 Å². The second-order valence-corrected chi connectivity index (χ2v) is 3.96. The molecule has 0 N–H and O–H groups in total. The van der Waals surface area contributed by atoms with Gasteiger partial charge in [-0.3, -0.25) is 0 Å². The van der Waals surface area contributed by atoms with Crippen LogP contribution in [0, 0.1) is 0 Å². The van der Waals surface area contributed by atoms with E-state index in [2.05, 4.69) is 18.7 Å². The van der Waals surface area contributed by atoms with Crippen molar-refractivity contribution in [2.45, 2.75) is 32.6 Å². The van der Waals surface area contributed by atoms with Crippen molar-refractivity contribution in [1.29, 1.82) is 0 Å². The molecule has 0 radical (unpaired) electrons. The molecule has 0 saturated carbocycles. The maximum Gasteiger partial charge on any atom is 0.0223 e. The smallest absolute Gasteiger partial charge is 0.0223 e. The van der Waals surface area contributed by atoms with Crippen LogP contribution < -0.4 is 0 Å². The Morgan fingerprint density at radius 3 is 2.40 bits per heavy atom. The SMILES string of the molecule is CCCCSCCCCCl. The Morgan fingerprint density at radius 1 is 1.10 bits per heavy atom. The summed E-state index contributed by atoms with van der Waals surface area (Å²) in [6, 6.07) is 0. The summed E-state index contributed by atoms with van der Waals surface area (Å²) in [6.45, 7) is 2.24. The normalized spacial score (nSPS) is 10.2. The van der Waals surface area contributed by atoms with Crippen LogP contribution in [0.15, 0.2) is 0 Å². The minimum absolute atomic E-state index is 0.828. The first-order valence-electron chi connectivity index (χ1n) is 4.05. The van der Waals surface area contributed by atoms with E-state index in [9.17, 15) is 0 Å². The Hall–Kier alpha value is 0.640. The second-order valence-electron chi connectivity index (χ2n) is 2.36. The Kier molecular flexibility index (Phi) is 10.3. The van der Waals surface area contributed by atoms with Crippen molar-refractivity contribution >= 4 is 23.4 Å². The van der Waals surface area contributed by atoms with Gasteiger partial charge in [0.15, 0.2) is 0 Å². The molecule has 62 valence electrons. The van der Waals surface area contributed by atoms with Gasteiger partial charge in [0.1, 0.15) is 0 Å². The van der Waals surface area contributed by atoms with E-state index in [-0.39, 0.29) is 0 Å². The summed E-state index contributed by atoms with van der Waals surface area (Å²) in [5, 5.41) is 0. The quantitative estimate of drug-likeness (QED) is 0.427. The molecular weight excluding hydrogens is 164 g/mol. The van der Waals surface area contributed by atoms with Gasteiger partial charge in [0.2, 0.25) is 0 Å². The Bertz CT molecular complexity index is 49.2. The maximum absolute atomic E-state index is 5.53. The molecule has 0 aromatic heterocycles. The molecule has 10 heavy (non-hydrogen) atoms. The predicted molar refractivity (Wildman–Crippen MR) is 52.2 cm³/mol. The van der Waals surface area contributed by atoms with Gasteiger partial charge in [-0.25, -0.2) is 0 Å². The molecule has 0 aliphatic carbocycles. The van der Waals surface area contributed by atoms with E-state index < -0.39 is 0 Å². The summed E-state index contributed by atoms with van der Waals surface area (Å²) < 4.78 is 0. The van der Waals surface area contributed by atoms with Gasteiger partial charge in [-0.2, -0.15) is 11.8 Å². The largest absolute Gasteiger partial charge is 0.162 e. The van der Waals surface area contributed by atoms with E-state index in [4.69, 9.17) is 11.6 Å². The molecule has 0 amide bonds. The summed E-state index contributed by atoms with van der Waals surface area (Å²) in [5.74, 6) is 3.46. The predicted octanol–water partition coefficient (Wildman–Crippen LogP) is 3.54.